The Bertz CT molecular complexity index is 464. The molecule has 1 aromatic rings. The predicted octanol–water partition coefficient (Wildman–Crippen LogP) is 3.94. The van der Waals surface area contributed by atoms with Gasteiger partial charge in [0.25, 0.3) is 0 Å². The molecule has 20 heavy (non-hydrogen) atoms. The monoisotopic (exact) mass is 272 g/mol. The number of likely N-dealkylation sites (tertiary alicyclic amines) is 1. The minimum Gasteiger partial charge on any atom is -0.322 e. The Labute approximate surface area is 121 Å². The van der Waals surface area contributed by atoms with Crippen molar-refractivity contribution in [2.75, 3.05) is 6.54 Å². The first-order chi connectivity index (χ1) is 9.70. The van der Waals surface area contributed by atoms with Crippen molar-refractivity contribution in [2.24, 2.45) is 0 Å². The number of nitrogens with zero attached hydrogens (tertiary/aromatic N) is 1. The first kappa shape index (κ1) is 14.6. The summed E-state index contributed by atoms with van der Waals surface area (Å²) in [5.41, 5.74) is 2.34. The average Bonchev–Trinajstić information content (AvgIpc) is 2.49. The van der Waals surface area contributed by atoms with Crippen molar-refractivity contribution in [3.8, 4) is 0 Å². The SMILES string of the molecule is CCC1CCCCN1C(=O)N/C=C/c1ccc(C)cc1. The number of aryl methyl sites for hydroxylation is 1. The highest BCUT2D eigenvalue weighted by Crippen LogP contribution is 2.19. The van der Waals surface area contributed by atoms with E-state index < -0.39 is 0 Å². The molecular weight excluding hydrogens is 248 g/mol. The van der Waals surface area contributed by atoms with Gasteiger partial charge in [0, 0.05) is 18.8 Å². The Morgan fingerprint density at radius 3 is 2.80 bits per heavy atom. The zero-order chi connectivity index (χ0) is 14.4. The molecule has 1 atom stereocenters. The lowest BCUT2D eigenvalue weighted by Gasteiger charge is -2.34. The third-order valence-electron chi connectivity index (χ3n) is 3.92. The van der Waals surface area contributed by atoms with Crippen molar-refractivity contribution < 1.29 is 4.79 Å². The maximum absolute atomic E-state index is 12.2. The van der Waals surface area contributed by atoms with Gasteiger partial charge in [-0.2, -0.15) is 0 Å². The van der Waals surface area contributed by atoms with Gasteiger partial charge in [0.2, 0.25) is 0 Å². The molecule has 1 aliphatic heterocycles. The first-order valence-electron chi connectivity index (χ1n) is 7.51. The predicted molar refractivity (Wildman–Crippen MR) is 83.4 cm³/mol. The first-order valence-corrected chi connectivity index (χ1v) is 7.51. The van der Waals surface area contributed by atoms with E-state index in [-0.39, 0.29) is 6.03 Å². The van der Waals surface area contributed by atoms with Crippen LogP contribution in [0, 0.1) is 6.92 Å². The zero-order valence-corrected chi connectivity index (χ0v) is 12.4. The van der Waals surface area contributed by atoms with Crippen LogP contribution in [0.5, 0.6) is 0 Å². The van der Waals surface area contributed by atoms with Crippen LogP contribution in [0.25, 0.3) is 6.08 Å². The molecule has 1 fully saturated rings. The molecule has 3 heteroatoms. The van der Waals surface area contributed by atoms with Gasteiger partial charge in [-0.15, -0.1) is 0 Å². The molecule has 0 bridgehead atoms. The number of hydrogen-bond donors (Lipinski definition) is 1. The topological polar surface area (TPSA) is 32.3 Å². The minimum absolute atomic E-state index is 0.0277. The third-order valence-corrected chi connectivity index (χ3v) is 3.92. The van der Waals surface area contributed by atoms with Crippen molar-refractivity contribution in [1.29, 1.82) is 0 Å². The summed E-state index contributed by atoms with van der Waals surface area (Å²) in [6.45, 7) is 5.09. The van der Waals surface area contributed by atoms with Crippen molar-refractivity contribution >= 4 is 12.1 Å². The van der Waals surface area contributed by atoms with Gasteiger partial charge >= 0.3 is 6.03 Å². The number of rotatable bonds is 3. The minimum atomic E-state index is 0.0277. The summed E-state index contributed by atoms with van der Waals surface area (Å²) in [7, 11) is 0. The van der Waals surface area contributed by atoms with Crippen LogP contribution in [0.1, 0.15) is 43.7 Å². The number of hydrogen-bond acceptors (Lipinski definition) is 1. The van der Waals surface area contributed by atoms with E-state index in [4.69, 9.17) is 0 Å². The summed E-state index contributed by atoms with van der Waals surface area (Å²) in [6.07, 6.45) is 8.20. The van der Waals surface area contributed by atoms with E-state index in [9.17, 15) is 4.79 Å². The lowest BCUT2D eigenvalue weighted by atomic mass is 10.0. The van der Waals surface area contributed by atoms with Crippen LogP contribution in [-0.4, -0.2) is 23.5 Å². The molecule has 0 radical (unpaired) electrons. The molecule has 0 aliphatic carbocycles. The van der Waals surface area contributed by atoms with E-state index in [2.05, 4.69) is 31.3 Å². The molecular formula is C17H24N2O. The van der Waals surface area contributed by atoms with E-state index in [0.29, 0.717) is 6.04 Å². The summed E-state index contributed by atoms with van der Waals surface area (Å²) in [5.74, 6) is 0. The molecule has 1 saturated heterocycles. The van der Waals surface area contributed by atoms with Crippen molar-refractivity contribution in [3.05, 3.63) is 41.6 Å². The van der Waals surface area contributed by atoms with Crippen LogP contribution >= 0.6 is 0 Å². The van der Waals surface area contributed by atoms with Crippen molar-refractivity contribution in [3.63, 3.8) is 0 Å². The Hall–Kier alpha value is -1.77. The number of nitrogens with one attached hydrogen (secondary N) is 1. The second-order valence-electron chi connectivity index (χ2n) is 5.44. The van der Waals surface area contributed by atoms with E-state index in [1.807, 2.05) is 23.1 Å². The van der Waals surface area contributed by atoms with E-state index in [1.54, 1.807) is 6.20 Å². The highest BCUT2D eigenvalue weighted by atomic mass is 16.2. The van der Waals surface area contributed by atoms with Crippen LogP contribution in [0.3, 0.4) is 0 Å². The zero-order valence-electron chi connectivity index (χ0n) is 12.4. The summed E-state index contributed by atoms with van der Waals surface area (Å²) < 4.78 is 0. The van der Waals surface area contributed by atoms with Crippen LogP contribution < -0.4 is 5.32 Å². The molecule has 1 unspecified atom stereocenters. The number of carbonyl (C=O) groups excluding carboxylic acids is 1. The molecule has 2 amide bonds. The average molecular weight is 272 g/mol. The lowest BCUT2D eigenvalue weighted by Crippen LogP contribution is -2.47. The molecule has 1 aliphatic rings. The van der Waals surface area contributed by atoms with Crippen LogP contribution in [-0.2, 0) is 0 Å². The molecule has 0 spiro atoms. The van der Waals surface area contributed by atoms with Gasteiger partial charge in [-0.1, -0.05) is 36.8 Å². The highest BCUT2D eigenvalue weighted by molar-refractivity contribution is 5.76. The van der Waals surface area contributed by atoms with E-state index in [1.165, 1.54) is 12.0 Å². The van der Waals surface area contributed by atoms with Crippen molar-refractivity contribution in [2.45, 2.75) is 45.6 Å². The number of piperidine rings is 1. The fourth-order valence-corrected chi connectivity index (χ4v) is 2.66. The molecule has 1 N–H and O–H groups in total. The Morgan fingerprint density at radius 2 is 2.10 bits per heavy atom. The molecule has 108 valence electrons. The van der Waals surface area contributed by atoms with Gasteiger partial charge < -0.3 is 10.2 Å². The maximum Gasteiger partial charge on any atom is 0.321 e. The highest BCUT2D eigenvalue weighted by Gasteiger charge is 2.24. The second-order valence-corrected chi connectivity index (χ2v) is 5.44. The van der Waals surface area contributed by atoms with Crippen LogP contribution in [0.4, 0.5) is 4.79 Å². The Balaban J connectivity index is 1.89. The molecule has 0 aromatic heterocycles. The van der Waals surface area contributed by atoms with Crippen LogP contribution in [0.15, 0.2) is 30.5 Å². The number of carbonyl (C=O) groups is 1. The Kier molecular flexibility index (Phi) is 5.22. The fourth-order valence-electron chi connectivity index (χ4n) is 2.66. The fraction of sp³-hybridized carbons (Fsp3) is 0.471. The van der Waals surface area contributed by atoms with Crippen molar-refractivity contribution in [1.82, 2.24) is 10.2 Å². The standard InChI is InChI=1S/C17H24N2O/c1-3-16-6-4-5-13-19(16)17(20)18-12-11-15-9-7-14(2)8-10-15/h7-12,16H,3-6,13H2,1-2H3,(H,18,20)/b12-11+. The normalized spacial score (nSPS) is 19.3. The maximum atomic E-state index is 12.2. The third kappa shape index (κ3) is 3.86. The quantitative estimate of drug-likeness (QED) is 0.888. The van der Waals surface area contributed by atoms with Gasteiger partial charge in [0.15, 0.2) is 0 Å². The lowest BCUT2D eigenvalue weighted by molar-refractivity contribution is 0.152. The smallest absolute Gasteiger partial charge is 0.321 e. The van der Waals surface area contributed by atoms with Crippen LogP contribution in [0.2, 0.25) is 0 Å². The molecule has 1 aromatic carbocycles. The van der Waals surface area contributed by atoms with Gasteiger partial charge in [-0.05, 0) is 44.2 Å². The largest absolute Gasteiger partial charge is 0.322 e. The van der Waals surface area contributed by atoms with Gasteiger partial charge in [0.1, 0.15) is 0 Å². The molecule has 1 heterocycles. The second kappa shape index (κ2) is 7.13. The van der Waals surface area contributed by atoms with Gasteiger partial charge in [-0.25, -0.2) is 4.79 Å². The molecule has 2 rings (SSSR count). The van der Waals surface area contributed by atoms with Gasteiger partial charge in [-0.3, -0.25) is 0 Å². The number of benzene rings is 1. The summed E-state index contributed by atoms with van der Waals surface area (Å²) >= 11 is 0. The van der Waals surface area contributed by atoms with E-state index >= 15 is 0 Å². The summed E-state index contributed by atoms with van der Waals surface area (Å²) in [4.78, 5) is 14.2. The number of urea groups is 1. The van der Waals surface area contributed by atoms with Gasteiger partial charge in [0.05, 0.1) is 0 Å². The molecule has 0 saturated carbocycles. The Morgan fingerprint density at radius 1 is 1.35 bits per heavy atom. The summed E-state index contributed by atoms with van der Waals surface area (Å²) in [5, 5.41) is 2.89. The van der Waals surface area contributed by atoms with E-state index in [0.717, 1.165) is 31.4 Å². The summed E-state index contributed by atoms with van der Waals surface area (Å²) in [6, 6.07) is 8.66. The number of amides is 2. The molecule has 3 nitrogen and oxygen atoms in total.